The third-order valence-corrected chi connectivity index (χ3v) is 2.66. The molecule has 1 aromatic carbocycles. The smallest absolute Gasteiger partial charge is 0.260 e. The van der Waals surface area contributed by atoms with E-state index in [0.717, 1.165) is 16.7 Å². The van der Waals surface area contributed by atoms with E-state index in [1.165, 1.54) is 0 Å². The van der Waals surface area contributed by atoms with Crippen molar-refractivity contribution < 1.29 is 9.26 Å². The zero-order chi connectivity index (χ0) is 13.1. The van der Waals surface area contributed by atoms with Gasteiger partial charge in [-0.2, -0.15) is 4.98 Å². The standard InChI is InChI=1S/C13H17N3O2/c1-4-17-7-11-15-13(18-16-11)10-6-8(2)5-9(3)12(10)14/h5-6H,4,7,14H2,1-3H3. The minimum atomic E-state index is 0.352. The lowest BCUT2D eigenvalue weighted by Gasteiger charge is -2.06. The maximum atomic E-state index is 6.03. The van der Waals surface area contributed by atoms with Gasteiger partial charge in [0, 0.05) is 12.3 Å². The number of nitrogen functional groups attached to an aromatic ring is 1. The molecule has 0 unspecified atom stereocenters. The molecule has 0 amide bonds. The normalized spacial score (nSPS) is 10.8. The Morgan fingerprint density at radius 1 is 1.33 bits per heavy atom. The fraction of sp³-hybridized carbons (Fsp3) is 0.385. The first-order valence-electron chi connectivity index (χ1n) is 5.89. The third kappa shape index (κ3) is 2.51. The van der Waals surface area contributed by atoms with E-state index in [1.54, 1.807) is 0 Å². The van der Waals surface area contributed by atoms with E-state index in [4.69, 9.17) is 15.0 Å². The predicted octanol–water partition coefficient (Wildman–Crippen LogP) is 2.47. The Balaban J connectivity index is 2.34. The molecule has 0 aliphatic rings. The van der Waals surface area contributed by atoms with Gasteiger partial charge in [0.15, 0.2) is 5.82 Å². The van der Waals surface area contributed by atoms with Crippen LogP contribution in [-0.2, 0) is 11.3 Å². The Hall–Kier alpha value is -1.88. The van der Waals surface area contributed by atoms with E-state index in [0.29, 0.717) is 30.6 Å². The maximum absolute atomic E-state index is 6.03. The van der Waals surface area contributed by atoms with E-state index in [1.807, 2.05) is 32.9 Å². The first-order valence-corrected chi connectivity index (χ1v) is 5.89. The van der Waals surface area contributed by atoms with Crippen LogP contribution in [-0.4, -0.2) is 16.7 Å². The van der Waals surface area contributed by atoms with Crippen molar-refractivity contribution in [1.82, 2.24) is 10.1 Å². The molecule has 0 aliphatic heterocycles. The molecule has 96 valence electrons. The van der Waals surface area contributed by atoms with Crippen molar-refractivity contribution in [3.05, 3.63) is 29.1 Å². The first-order chi connectivity index (χ1) is 8.61. The number of aromatic nitrogens is 2. The van der Waals surface area contributed by atoms with Crippen LogP contribution in [0.1, 0.15) is 23.9 Å². The van der Waals surface area contributed by atoms with Gasteiger partial charge >= 0.3 is 0 Å². The van der Waals surface area contributed by atoms with Crippen LogP contribution in [0, 0.1) is 13.8 Å². The van der Waals surface area contributed by atoms with Gasteiger partial charge in [-0.1, -0.05) is 11.2 Å². The SMILES string of the molecule is CCOCc1noc(-c2cc(C)cc(C)c2N)n1. The van der Waals surface area contributed by atoms with Crippen LogP contribution < -0.4 is 5.73 Å². The van der Waals surface area contributed by atoms with Gasteiger partial charge in [-0.25, -0.2) is 0 Å². The average molecular weight is 247 g/mol. The Labute approximate surface area is 106 Å². The highest BCUT2D eigenvalue weighted by atomic mass is 16.5. The summed E-state index contributed by atoms with van der Waals surface area (Å²) in [6, 6.07) is 3.97. The van der Waals surface area contributed by atoms with Crippen LogP contribution in [0.2, 0.25) is 0 Å². The van der Waals surface area contributed by atoms with Crippen molar-refractivity contribution in [3.8, 4) is 11.5 Å². The van der Waals surface area contributed by atoms with E-state index in [2.05, 4.69) is 10.1 Å². The molecule has 2 rings (SSSR count). The topological polar surface area (TPSA) is 74.2 Å². The molecule has 0 spiro atoms. The van der Waals surface area contributed by atoms with Crippen LogP contribution in [0.3, 0.4) is 0 Å². The Morgan fingerprint density at radius 3 is 2.83 bits per heavy atom. The number of hydrogen-bond acceptors (Lipinski definition) is 5. The van der Waals surface area contributed by atoms with Crippen molar-refractivity contribution in [2.45, 2.75) is 27.4 Å². The van der Waals surface area contributed by atoms with Crippen LogP contribution in [0.4, 0.5) is 5.69 Å². The van der Waals surface area contributed by atoms with Crippen LogP contribution in [0.25, 0.3) is 11.5 Å². The van der Waals surface area contributed by atoms with Gasteiger partial charge in [0.25, 0.3) is 5.89 Å². The molecule has 5 heteroatoms. The summed E-state index contributed by atoms with van der Waals surface area (Å²) in [5.74, 6) is 0.972. The molecule has 0 fully saturated rings. The van der Waals surface area contributed by atoms with Crippen molar-refractivity contribution in [3.63, 3.8) is 0 Å². The minimum Gasteiger partial charge on any atom is -0.398 e. The molecule has 2 N–H and O–H groups in total. The molecule has 0 aliphatic carbocycles. The van der Waals surface area contributed by atoms with Gasteiger partial charge in [0.1, 0.15) is 6.61 Å². The van der Waals surface area contributed by atoms with Gasteiger partial charge in [0.05, 0.1) is 5.56 Å². The zero-order valence-corrected chi connectivity index (χ0v) is 10.9. The maximum Gasteiger partial charge on any atom is 0.260 e. The number of anilines is 1. The van der Waals surface area contributed by atoms with Gasteiger partial charge < -0.3 is 15.0 Å². The summed E-state index contributed by atoms with van der Waals surface area (Å²) < 4.78 is 10.4. The number of nitrogens with two attached hydrogens (primary N) is 1. The summed E-state index contributed by atoms with van der Waals surface area (Å²) in [5, 5.41) is 3.86. The average Bonchev–Trinajstić information content (AvgIpc) is 2.79. The summed E-state index contributed by atoms with van der Waals surface area (Å²) in [6.07, 6.45) is 0. The second-order valence-corrected chi connectivity index (χ2v) is 4.20. The minimum absolute atomic E-state index is 0.352. The first kappa shape index (κ1) is 12.6. The second kappa shape index (κ2) is 5.18. The highest BCUT2D eigenvalue weighted by Gasteiger charge is 2.13. The summed E-state index contributed by atoms with van der Waals surface area (Å²) >= 11 is 0. The zero-order valence-electron chi connectivity index (χ0n) is 10.9. The molecule has 0 bridgehead atoms. The van der Waals surface area contributed by atoms with Crippen molar-refractivity contribution >= 4 is 5.69 Å². The Morgan fingerprint density at radius 2 is 2.11 bits per heavy atom. The van der Waals surface area contributed by atoms with Gasteiger partial charge in [-0.15, -0.1) is 0 Å². The Bertz CT molecular complexity index is 549. The highest BCUT2D eigenvalue weighted by molar-refractivity contribution is 5.74. The number of ether oxygens (including phenoxy) is 1. The van der Waals surface area contributed by atoms with Crippen molar-refractivity contribution in [2.24, 2.45) is 0 Å². The number of nitrogens with zero attached hydrogens (tertiary/aromatic N) is 2. The van der Waals surface area contributed by atoms with Crippen LogP contribution in [0.5, 0.6) is 0 Å². The number of hydrogen-bond donors (Lipinski definition) is 1. The molecule has 5 nitrogen and oxygen atoms in total. The summed E-state index contributed by atoms with van der Waals surface area (Å²) in [4.78, 5) is 4.28. The molecule has 0 saturated carbocycles. The van der Waals surface area contributed by atoms with Gasteiger partial charge in [0.2, 0.25) is 0 Å². The van der Waals surface area contributed by atoms with E-state index in [-0.39, 0.29) is 0 Å². The van der Waals surface area contributed by atoms with Crippen molar-refractivity contribution in [2.75, 3.05) is 12.3 Å². The van der Waals surface area contributed by atoms with E-state index < -0.39 is 0 Å². The third-order valence-electron chi connectivity index (χ3n) is 2.66. The molecular formula is C13H17N3O2. The lowest BCUT2D eigenvalue weighted by Crippen LogP contribution is -1.96. The lowest BCUT2D eigenvalue weighted by molar-refractivity contribution is 0.126. The fourth-order valence-corrected chi connectivity index (χ4v) is 1.77. The molecule has 1 aromatic heterocycles. The Kier molecular flexibility index (Phi) is 3.62. The van der Waals surface area contributed by atoms with Crippen molar-refractivity contribution in [1.29, 1.82) is 0 Å². The molecule has 18 heavy (non-hydrogen) atoms. The molecule has 0 saturated heterocycles. The second-order valence-electron chi connectivity index (χ2n) is 4.20. The molecule has 0 radical (unpaired) electrons. The van der Waals surface area contributed by atoms with Gasteiger partial charge in [-0.05, 0) is 38.0 Å². The van der Waals surface area contributed by atoms with Crippen LogP contribution in [0.15, 0.2) is 16.7 Å². The quantitative estimate of drug-likeness (QED) is 0.840. The van der Waals surface area contributed by atoms with Gasteiger partial charge in [-0.3, -0.25) is 0 Å². The lowest BCUT2D eigenvalue weighted by atomic mass is 10.0. The summed E-state index contributed by atoms with van der Waals surface area (Å²) in [5.41, 5.74) is 9.61. The number of rotatable bonds is 4. The summed E-state index contributed by atoms with van der Waals surface area (Å²) in [6.45, 7) is 6.86. The number of benzene rings is 1. The largest absolute Gasteiger partial charge is 0.398 e. The van der Waals surface area contributed by atoms with E-state index in [9.17, 15) is 0 Å². The highest BCUT2D eigenvalue weighted by Crippen LogP contribution is 2.28. The molecule has 0 atom stereocenters. The number of aryl methyl sites for hydroxylation is 2. The molecule has 1 heterocycles. The predicted molar refractivity (Wildman–Crippen MR) is 69.0 cm³/mol. The summed E-state index contributed by atoms with van der Waals surface area (Å²) in [7, 11) is 0. The monoisotopic (exact) mass is 247 g/mol. The molecule has 2 aromatic rings. The van der Waals surface area contributed by atoms with Crippen LogP contribution >= 0.6 is 0 Å². The fourth-order valence-electron chi connectivity index (χ4n) is 1.77. The van der Waals surface area contributed by atoms with E-state index >= 15 is 0 Å². The molecular weight excluding hydrogens is 230 g/mol.